The van der Waals surface area contributed by atoms with Crippen LogP contribution in [0.1, 0.15) is 15.9 Å². The molecule has 5 heteroatoms. The van der Waals surface area contributed by atoms with Crippen molar-refractivity contribution in [2.24, 2.45) is 5.73 Å². The smallest absolute Gasteiger partial charge is 0.252 e. The van der Waals surface area contributed by atoms with Gasteiger partial charge in [0, 0.05) is 5.56 Å². The monoisotopic (exact) mass is 293 g/mol. The summed E-state index contributed by atoms with van der Waals surface area (Å²) in [6, 6.07) is 1.35. The molecule has 0 heterocycles. The molecule has 4 nitrogen and oxygen atoms in total. The van der Waals surface area contributed by atoms with Crippen LogP contribution in [0.15, 0.2) is 6.07 Å². The molecule has 70 valence electrons. The van der Waals surface area contributed by atoms with Gasteiger partial charge in [-0.05, 0) is 35.6 Å². The van der Waals surface area contributed by atoms with Crippen molar-refractivity contribution in [3.63, 3.8) is 0 Å². The molecule has 0 fully saturated rings. The first-order valence-electron chi connectivity index (χ1n) is 3.46. The lowest BCUT2D eigenvalue weighted by Gasteiger charge is -2.07. The Morgan fingerprint density at radius 1 is 1.46 bits per heavy atom. The van der Waals surface area contributed by atoms with Crippen molar-refractivity contribution in [1.29, 1.82) is 0 Å². The second-order valence-electron chi connectivity index (χ2n) is 2.59. The summed E-state index contributed by atoms with van der Waals surface area (Å²) in [6.45, 7) is 1.51. The maximum Gasteiger partial charge on any atom is 0.252 e. The van der Waals surface area contributed by atoms with Gasteiger partial charge >= 0.3 is 0 Å². The van der Waals surface area contributed by atoms with Crippen LogP contribution in [0.2, 0.25) is 0 Å². The summed E-state index contributed by atoms with van der Waals surface area (Å²) in [7, 11) is 0. The molecule has 0 aliphatic rings. The molecule has 0 aromatic heterocycles. The average Bonchev–Trinajstić information content (AvgIpc) is 2.07. The first kappa shape index (κ1) is 10.1. The fourth-order valence-corrected chi connectivity index (χ4v) is 1.66. The number of nitrogens with two attached hydrogens (primary N) is 1. The molecule has 4 N–H and O–H groups in total. The zero-order valence-corrected chi connectivity index (χ0v) is 8.99. The van der Waals surface area contributed by atoms with Crippen LogP contribution in [-0.4, -0.2) is 16.1 Å². The third-order valence-corrected chi connectivity index (χ3v) is 2.55. The van der Waals surface area contributed by atoms with Crippen molar-refractivity contribution in [2.75, 3.05) is 0 Å². The number of primary amides is 1. The number of carbonyl (C=O) groups excluding carboxylic acids is 1. The van der Waals surface area contributed by atoms with Gasteiger partial charge in [0.25, 0.3) is 5.91 Å². The molecule has 1 aromatic carbocycles. The Labute approximate surface area is 88.5 Å². The minimum atomic E-state index is -0.710. The van der Waals surface area contributed by atoms with Crippen LogP contribution in [0.3, 0.4) is 0 Å². The number of rotatable bonds is 1. The number of halogens is 1. The van der Waals surface area contributed by atoms with Crippen molar-refractivity contribution < 1.29 is 15.0 Å². The van der Waals surface area contributed by atoms with Gasteiger partial charge in [-0.15, -0.1) is 0 Å². The largest absolute Gasteiger partial charge is 0.507 e. The number of phenolic OH excluding ortho intramolecular Hbond substituents is 1. The van der Waals surface area contributed by atoms with Gasteiger partial charge < -0.3 is 15.9 Å². The van der Waals surface area contributed by atoms with E-state index in [1.54, 1.807) is 0 Å². The van der Waals surface area contributed by atoms with Crippen molar-refractivity contribution in [2.45, 2.75) is 6.92 Å². The van der Waals surface area contributed by atoms with Crippen molar-refractivity contribution in [3.05, 3.63) is 20.8 Å². The van der Waals surface area contributed by atoms with E-state index in [-0.39, 0.29) is 22.6 Å². The standard InChI is InChI=1S/C8H8INO3/c1-3-6(11)4(8(10)13)2-5(9)7(3)12/h2,11-12H,1H3,(H2,10,13). The Balaban J connectivity index is 3.50. The number of phenols is 2. The highest BCUT2D eigenvalue weighted by atomic mass is 127. The van der Waals surface area contributed by atoms with E-state index in [4.69, 9.17) is 5.73 Å². The lowest BCUT2D eigenvalue weighted by atomic mass is 10.1. The first-order valence-corrected chi connectivity index (χ1v) is 4.54. The maximum absolute atomic E-state index is 10.8. The number of amides is 1. The average molecular weight is 293 g/mol. The second kappa shape index (κ2) is 3.41. The molecule has 0 unspecified atom stereocenters. The molecule has 0 radical (unpaired) electrons. The highest BCUT2D eigenvalue weighted by Gasteiger charge is 2.15. The number of benzene rings is 1. The topological polar surface area (TPSA) is 83.5 Å². The zero-order valence-electron chi connectivity index (χ0n) is 6.84. The van der Waals surface area contributed by atoms with Crippen LogP contribution in [0.5, 0.6) is 11.5 Å². The minimum Gasteiger partial charge on any atom is -0.507 e. The molecule has 13 heavy (non-hydrogen) atoms. The number of hydrogen-bond acceptors (Lipinski definition) is 3. The Morgan fingerprint density at radius 2 is 2.00 bits per heavy atom. The van der Waals surface area contributed by atoms with Crippen molar-refractivity contribution in [1.82, 2.24) is 0 Å². The number of carbonyl (C=O) groups is 1. The minimum absolute atomic E-state index is 0.0249. The van der Waals surface area contributed by atoms with E-state index in [1.807, 2.05) is 22.6 Å². The Bertz CT molecular complexity index is 376. The fraction of sp³-hybridized carbons (Fsp3) is 0.125. The molecule has 1 amide bonds. The molecule has 0 saturated carbocycles. The molecule has 1 aromatic rings. The summed E-state index contributed by atoms with van der Waals surface area (Å²) in [4.78, 5) is 10.8. The van der Waals surface area contributed by atoms with Gasteiger partial charge in [0.05, 0.1) is 9.13 Å². The van der Waals surface area contributed by atoms with Gasteiger partial charge in [0.15, 0.2) is 0 Å². The van der Waals surface area contributed by atoms with Crippen LogP contribution in [0.25, 0.3) is 0 Å². The van der Waals surface area contributed by atoms with Gasteiger partial charge in [0.1, 0.15) is 11.5 Å². The molecule has 0 aliphatic heterocycles. The van der Waals surface area contributed by atoms with Crippen molar-refractivity contribution in [3.8, 4) is 11.5 Å². The summed E-state index contributed by atoms with van der Waals surface area (Å²) >= 11 is 1.86. The molecule has 1 rings (SSSR count). The predicted octanol–water partition coefficient (Wildman–Crippen LogP) is 1.11. The number of aromatic hydroxyl groups is 2. The van der Waals surface area contributed by atoms with Crippen molar-refractivity contribution >= 4 is 28.5 Å². The van der Waals surface area contributed by atoms with E-state index in [0.717, 1.165) is 0 Å². The normalized spacial score (nSPS) is 10.0. The second-order valence-corrected chi connectivity index (χ2v) is 3.75. The summed E-state index contributed by atoms with van der Waals surface area (Å²) in [6.07, 6.45) is 0. The van der Waals surface area contributed by atoms with Gasteiger partial charge in [-0.3, -0.25) is 4.79 Å². The zero-order chi connectivity index (χ0) is 10.2. The molecule has 0 bridgehead atoms. The van der Waals surface area contributed by atoms with Crippen LogP contribution in [-0.2, 0) is 0 Å². The molecular weight excluding hydrogens is 285 g/mol. The lowest BCUT2D eigenvalue weighted by Crippen LogP contribution is -2.11. The third kappa shape index (κ3) is 1.69. The highest BCUT2D eigenvalue weighted by Crippen LogP contribution is 2.33. The van der Waals surface area contributed by atoms with Crippen LogP contribution >= 0.6 is 22.6 Å². The SMILES string of the molecule is Cc1c(O)c(I)cc(C(N)=O)c1O. The molecule has 0 saturated heterocycles. The Morgan fingerprint density at radius 3 is 2.46 bits per heavy atom. The lowest BCUT2D eigenvalue weighted by molar-refractivity contribution is 0.0997. The van der Waals surface area contributed by atoms with Gasteiger partial charge in [-0.25, -0.2) is 0 Å². The van der Waals surface area contributed by atoms with Crippen LogP contribution in [0, 0.1) is 10.5 Å². The summed E-state index contributed by atoms with van der Waals surface area (Å²) in [5, 5.41) is 18.8. The van der Waals surface area contributed by atoms with E-state index in [0.29, 0.717) is 3.57 Å². The summed E-state index contributed by atoms with van der Waals surface area (Å²) < 4.78 is 0.488. The molecule has 0 atom stereocenters. The highest BCUT2D eigenvalue weighted by molar-refractivity contribution is 14.1. The molecular formula is C8H8INO3. The van der Waals surface area contributed by atoms with Gasteiger partial charge in [0.2, 0.25) is 0 Å². The van der Waals surface area contributed by atoms with Crippen LogP contribution in [0.4, 0.5) is 0 Å². The molecule has 0 aliphatic carbocycles. The quantitative estimate of drug-likeness (QED) is 0.678. The van der Waals surface area contributed by atoms with E-state index in [2.05, 4.69) is 0 Å². The summed E-state index contributed by atoms with van der Waals surface area (Å²) in [5.41, 5.74) is 5.31. The third-order valence-electron chi connectivity index (χ3n) is 1.73. The van der Waals surface area contributed by atoms with E-state index < -0.39 is 5.91 Å². The number of hydrogen-bond donors (Lipinski definition) is 3. The van der Waals surface area contributed by atoms with Gasteiger partial charge in [-0.1, -0.05) is 0 Å². The Kier molecular flexibility index (Phi) is 2.65. The van der Waals surface area contributed by atoms with E-state index in [1.165, 1.54) is 13.0 Å². The Hall–Kier alpha value is -0.980. The predicted molar refractivity (Wildman–Crippen MR) is 55.7 cm³/mol. The van der Waals surface area contributed by atoms with E-state index >= 15 is 0 Å². The molecule has 0 spiro atoms. The first-order chi connectivity index (χ1) is 5.95. The summed E-state index contributed by atoms with van der Waals surface area (Å²) in [5.74, 6) is -0.993. The van der Waals surface area contributed by atoms with Gasteiger partial charge in [-0.2, -0.15) is 0 Å². The van der Waals surface area contributed by atoms with E-state index in [9.17, 15) is 15.0 Å². The fourth-order valence-electron chi connectivity index (χ4n) is 0.945. The maximum atomic E-state index is 10.8. The van der Waals surface area contributed by atoms with Crippen LogP contribution < -0.4 is 5.73 Å².